The molecule has 1 atom stereocenters. The van der Waals surface area contributed by atoms with Crippen LogP contribution in [0.25, 0.3) is 0 Å². The first-order valence-electron chi connectivity index (χ1n) is 8.77. The predicted octanol–water partition coefficient (Wildman–Crippen LogP) is 3.21. The predicted molar refractivity (Wildman–Crippen MR) is 106 cm³/mol. The Hall–Kier alpha value is -3.88. The molecule has 2 aromatic carbocycles. The Morgan fingerprint density at radius 2 is 1.86 bits per heavy atom. The number of rotatable bonds is 5. The fourth-order valence-electron chi connectivity index (χ4n) is 3.11. The van der Waals surface area contributed by atoms with E-state index < -0.39 is 16.9 Å². The number of allylic oxidation sites excluding steroid dienone is 1. The van der Waals surface area contributed by atoms with Crippen LogP contribution < -0.4 is 15.4 Å². The SMILES string of the molecule is COc1ccccc1NC(=O)C1=C(C)N(C)C(=O)N[C@@H]1c1ccc([N+](=O)[O-])cc1. The summed E-state index contributed by atoms with van der Waals surface area (Å²) in [5.74, 6) is 0.0846. The van der Waals surface area contributed by atoms with Gasteiger partial charge < -0.3 is 20.3 Å². The zero-order chi connectivity index (χ0) is 21.1. The van der Waals surface area contributed by atoms with Gasteiger partial charge in [0.2, 0.25) is 0 Å². The maximum atomic E-state index is 13.1. The van der Waals surface area contributed by atoms with E-state index >= 15 is 0 Å². The lowest BCUT2D eigenvalue weighted by atomic mass is 9.94. The van der Waals surface area contributed by atoms with Crippen LogP contribution in [0.15, 0.2) is 59.8 Å². The second kappa shape index (κ2) is 8.01. The van der Waals surface area contributed by atoms with Crippen LogP contribution in [0, 0.1) is 10.1 Å². The van der Waals surface area contributed by atoms with Gasteiger partial charge in [-0.15, -0.1) is 0 Å². The number of methoxy groups -OCH3 is 1. The van der Waals surface area contributed by atoms with E-state index in [-0.39, 0.29) is 11.7 Å². The molecule has 0 fully saturated rings. The van der Waals surface area contributed by atoms with Crippen molar-refractivity contribution < 1.29 is 19.2 Å². The number of non-ortho nitro benzene ring substituents is 1. The third-order valence-corrected chi connectivity index (χ3v) is 4.79. The Kier molecular flexibility index (Phi) is 5.49. The van der Waals surface area contributed by atoms with Gasteiger partial charge in [0.05, 0.1) is 29.3 Å². The molecule has 2 N–H and O–H groups in total. The largest absolute Gasteiger partial charge is 0.495 e. The maximum absolute atomic E-state index is 13.1. The lowest BCUT2D eigenvalue weighted by Gasteiger charge is -2.33. The van der Waals surface area contributed by atoms with Crippen LogP contribution in [0.3, 0.4) is 0 Å². The smallest absolute Gasteiger partial charge is 0.322 e. The van der Waals surface area contributed by atoms with Gasteiger partial charge in [0, 0.05) is 24.9 Å². The number of nitrogens with zero attached hydrogens (tertiary/aromatic N) is 2. The molecule has 150 valence electrons. The molecule has 9 nitrogen and oxygen atoms in total. The molecular weight excluding hydrogens is 376 g/mol. The van der Waals surface area contributed by atoms with Crippen LogP contribution in [0.5, 0.6) is 5.75 Å². The average Bonchev–Trinajstić information content (AvgIpc) is 2.72. The first kappa shape index (κ1) is 19.9. The van der Waals surface area contributed by atoms with Crippen LogP contribution in [0.4, 0.5) is 16.2 Å². The van der Waals surface area contributed by atoms with Gasteiger partial charge in [-0.05, 0) is 36.8 Å². The van der Waals surface area contributed by atoms with Gasteiger partial charge >= 0.3 is 6.03 Å². The van der Waals surface area contributed by atoms with Crippen LogP contribution >= 0.6 is 0 Å². The van der Waals surface area contributed by atoms with Gasteiger partial charge in [-0.3, -0.25) is 14.9 Å². The molecule has 0 aliphatic carbocycles. The van der Waals surface area contributed by atoms with Gasteiger partial charge in [0.15, 0.2) is 0 Å². The Labute approximate surface area is 167 Å². The highest BCUT2D eigenvalue weighted by atomic mass is 16.6. The van der Waals surface area contributed by atoms with Crippen LogP contribution in [0.1, 0.15) is 18.5 Å². The van der Waals surface area contributed by atoms with Gasteiger partial charge in [-0.2, -0.15) is 0 Å². The van der Waals surface area contributed by atoms with Gasteiger partial charge in [-0.1, -0.05) is 12.1 Å². The molecule has 0 unspecified atom stereocenters. The average molecular weight is 396 g/mol. The third kappa shape index (κ3) is 3.88. The number of carbonyl (C=O) groups is 2. The fourth-order valence-corrected chi connectivity index (χ4v) is 3.11. The van der Waals surface area contributed by atoms with Crippen molar-refractivity contribution in [2.75, 3.05) is 19.5 Å². The number of hydrogen-bond donors (Lipinski definition) is 2. The highest BCUT2D eigenvalue weighted by molar-refractivity contribution is 6.07. The number of benzene rings is 2. The summed E-state index contributed by atoms with van der Waals surface area (Å²) in [6.45, 7) is 1.67. The van der Waals surface area contributed by atoms with E-state index in [9.17, 15) is 19.7 Å². The second-order valence-corrected chi connectivity index (χ2v) is 6.44. The number of carbonyl (C=O) groups excluding carboxylic acids is 2. The molecule has 2 aromatic rings. The van der Waals surface area contributed by atoms with Crippen molar-refractivity contribution in [2.45, 2.75) is 13.0 Å². The highest BCUT2D eigenvalue weighted by Crippen LogP contribution is 2.32. The van der Waals surface area contributed by atoms with Crippen molar-refractivity contribution in [2.24, 2.45) is 0 Å². The third-order valence-electron chi connectivity index (χ3n) is 4.79. The van der Waals surface area contributed by atoms with E-state index in [1.165, 1.54) is 36.3 Å². The van der Waals surface area contributed by atoms with Crippen molar-refractivity contribution in [3.63, 3.8) is 0 Å². The Bertz CT molecular complexity index is 1000. The molecule has 1 aliphatic rings. The standard InChI is InChI=1S/C20H20N4O5/c1-12-17(19(25)21-15-6-4-5-7-16(15)29-3)18(22-20(26)23(12)2)13-8-10-14(11-9-13)24(27)28/h4-11,18H,1-3H3,(H,21,25)(H,22,26)/t18-/m1/s1. The molecule has 1 heterocycles. The number of urea groups is 1. The highest BCUT2D eigenvalue weighted by Gasteiger charge is 2.34. The number of hydrogen-bond acceptors (Lipinski definition) is 5. The second-order valence-electron chi connectivity index (χ2n) is 6.44. The summed E-state index contributed by atoms with van der Waals surface area (Å²) >= 11 is 0. The van der Waals surface area contributed by atoms with Crippen molar-refractivity contribution in [3.8, 4) is 5.75 Å². The molecule has 1 aliphatic heterocycles. The van der Waals surface area contributed by atoms with E-state index in [1.54, 1.807) is 38.2 Å². The van der Waals surface area contributed by atoms with Crippen molar-refractivity contribution in [1.82, 2.24) is 10.2 Å². The molecule has 3 amide bonds. The molecular formula is C20H20N4O5. The molecule has 3 rings (SSSR count). The zero-order valence-electron chi connectivity index (χ0n) is 16.1. The lowest BCUT2D eigenvalue weighted by Crippen LogP contribution is -2.46. The van der Waals surface area contributed by atoms with Gasteiger partial charge in [0.1, 0.15) is 5.75 Å². The summed E-state index contributed by atoms with van der Waals surface area (Å²) in [4.78, 5) is 37.2. The van der Waals surface area contributed by atoms with Crippen LogP contribution in [-0.4, -0.2) is 35.9 Å². The number of anilines is 1. The molecule has 0 spiro atoms. The number of nitro groups is 1. The lowest BCUT2D eigenvalue weighted by molar-refractivity contribution is -0.384. The van der Waals surface area contributed by atoms with E-state index in [4.69, 9.17) is 4.74 Å². The van der Waals surface area contributed by atoms with Gasteiger partial charge in [-0.25, -0.2) is 4.79 Å². The van der Waals surface area contributed by atoms with Crippen LogP contribution in [-0.2, 0) is 4.79 Å². The molecule has 0 aromatic heterocycles. The molecule has 0 saturated heterocycles. The first-order chi connectivity index (χ1) is 13.8. The van der Waals surface area contributed by atoms with E-state index in [0.29, 0.717) is 28.3 Å². The molecule has 29 heavy (non-hydrogen) atoms. The number of ether oxygens (including phenoxy) is 1. The minimum Gasteiger partial charge on any atom is -0.495 e. The number of para-hydroxylation sites is 2. The van der Waals surface area contributed by atoms with Crippen molar-refractivity contribution in [1.29, 1.82) is 0 Å². The van der Waals surface area contributed by atoms with Crippen molar-refractivity contribution >= 4 is 23.3 Å². The fraction of sp³-hybridized carbons (Fsp3) is 0.200. The molecule has 0 bridgehead atoms. The summed E-state index contributed by atoms with van der Waals surface area (Å²) in [5.41, 5.74) is 1.77. The number of nitrogens with one attached hydrogen (secondary N) is 2. The first-order valence-corrected chi connectivity index (χ1v) is 8.77. The summed E-state index contributed by atoms with van der Waals surface area (Å²) in [7, 11) is 3.07. The Balaban J connectivity index is 2.00. The zero-order valence-corrected chi connectivity index (χ0v) is 16.1. The molecule has 0 saturated carbocycles. The Morgan fingerprint density at radius 3 is 2.48 bits per heavy atom. The minimum absolute atomic E-state index is 0.0753. The normalized spacial score (nSPS) is 16.3. The monoisotopic (exact) mass is 396 g/mol. The summed E-state index contributed by atoms with van der Waals surface area (Å²) in [6.07, 6.45) is 0. The van der Waals surface area contributed by atoms with E-state index in [1.807, 2.05) is 0 Å². The maximum Gasteiger partial charge on any atom is 0.322 e. The minimum atomic E-state index is -0.755. The summed E-state index contributed by atoms with van der Waals surface area (Å²) < 4.78 is 5.27. The quantitative estimate of drug-likeness (QED) is 0.595. The Morgan fingerprint density at radius 1 is 1.21 bits per heavy atom. The van der Waals surface area contributed by atoms with Crippen molar-refractivity contribution in [3.05, 3.63) is 75.5 Å². The topological polar surface area (TPSA) is 114 Å². The number of nitro benzene ring substituents is 1. The van der Waals surface area contributed by atoms with Gasteiger partial charge in [0.25, 0.3) is 11.6 Å². The molecule has 9 heteroatoms. The van der Waals surface area contributed by atoms with Crippen LogP contribution in [0.2, 0.25) is 0 Å². The van der Waals surface area contributed by atoms with E-state index in [2.05, 4.69) is 10.6 Å². The molecule has 0 radical (unpaired) electrons. The number of amides is 3. The summed E-state index contributed by atoms with van der Waals surface area (Å²) in [6, 6.07) is 11.6. The van der Waals surface area contributed by atoms with E-state index in [0.717, 1.165) is 0 Å². The summed E-state index contributed by atoms with van der Waals surface area (Å²) in [5, 5.41) is 16.5.